The van der Waals surface area contributed by atoms with Crippen molar-refractivity contribution in [1.82, 2.24) is 4.90 Å². The molecule has 0 bridgehead atoms. The Kier molecular flexibility index (Phi) is 4.13. The van der Waals surface area contributed by atoms with Crippen molar-refractivity contribution in [3.05, 3.63) is 0 Å². The fraction of sp³-hybridized carbons (Fsp3) is 1.00. The summed E-state index contributed by atoms with van der Waals surface area (Å²) in [5, 5.41) is 0. The Morgan fingerprint density at radius 3 is 2.60 bits per heavy atom. The van der Waals surface area contributed by atoms with Crippen molar-refractivity contribution >= 4 is 0 Å². The van der Waals surface area contributed by atoms with E-state index in [4.69, 9.17) is 4.74 Å². The van der Waals surface area contributed by atoms with Crippen molar-refractivity contribution in [3.8, 4) is 0 Å². The second kappa shape index (κ2) is 4.79. The van der Waals surface area contributed by atoms with Gasteiger partial charge in [-0.15, -0.1) is 0 Å². The van der Waals surface area contributed by atoms with Crippen LogP contribution in [-0.2, 0) is 4.74 Å². The van der Waals surface area contributed by atoms with Gasteiger partial charge in [-0.1, -0.05) is 0 Å². The highest BCUT2D eigenvalue weighted by molar-refractivity contribution is 4.83. The summed E-state index contributed by atoms with van der Waals surface area (Å²) in [5.41, 5.74) is -1.09. The highest BCUT2D eigenvalue weighted by Crippen LogP contribution is 2.24. The Morgan fingerprint density at radius 1 is 1.40 bits per heavy atom. The van der Waals surface area contributed by atoms with Crippen LogP contribution in [-0.4, -0.2) is 42.4 Å². The van der Waals surface area contributed by atoms with E-state index >= 15 is 0 Å². The monoisotopic (exact) mass is 217 g/mol. The number of rotatable bonds is 3. The van der Waals surface area contributed by atoms with E-state index in [0.29, 0.717) is 19.6 Å². The van der Waals surface area contributed by atoms with Crippen molar-refractivity contribution in [2.24, 2.45) is 0 Å². The van der Waals surface area contributed by atoms with E-state index in [1.54, 1.807) is 6.92 Å². The average Bonchev–Trinajstić information content (AvgIpc) is 1.99. The van der Waals surface area contributed by atoms with Crippen LogP contribution in [0, 0.1) is 0 Å². The van der Waals surface area contributed by atoms with Crippen LogP contribution in [0.25, 0.3) is 0 Å². The van der Waals surface area contributed by atoms with Crippen LogP contribution in [0.3, 0.4) is 0 Å². The first kappa shape index (κ1) is 12.9. The molecule has 1 saturated heterocycles. The third-order valence-electron chi connectivity index (χ3n) is 2.67. The van der Waals surface area contributed by atoms with Gasteiger partial charge in [0.05, 0.1) is 12.2 Å². The van der Waals surface area contributed by atoms with Gasteiger partial charge >= 0.3 is 0 Å². The fourth-order valence-corrected chi connectivity index (χ4v) is 1.97. The van der Waals surface area contributed by atoms with Gasteiger partial charge in [-0.05, 0) is 47.1 Å². The lowest BCUT2D eigenvalue weighted by Gasteiger charge is -2.35. The van der Waals surface area contributed by atoms with Crippen molar-refractivity contribution in [2.75, 3.05) is 26.2 Å². The van der Waals surface area contributed by atoms with E-state index in [0.717, 1.165) is 19.5 Å². The molecular weight excluding hydrogens is 193 g/mol. The predicted octanol–water partition coefficient (Wildman–Crippen LogP) is 2.63. The van der Waals surface area contributed by atoms with Gasteiger partial charge < -0.3 is 4.74 Å². The normalized spacial score (nSPS) is 29.4. The standard InChI is InChI=1S/C12H24FNO/c1-11(2,3)15-9-8-14-7-5-6-12(4,13)10-14/h5-10H2,1-4H3. The summed E-state index contributed by atoms with van der Waals surface area (Å²) >= 11 is 0. The van der Waals surface area contributed by atoms with E-state index < -0.39 is 5.67 Å². The number of piperidine rings is 1. The number of ether oxygens (including phenoxy) is 1. The van der Waals surface area contributed by atoms with E-state index in [1.165, 1.54) is 0 Å². The summed E-state index contributed by atoms with van der Waals surface area (Å²) < 4.78 is 19.3. The third kappa shape index (κ3) is 5.47. The Hall–Kier alpha value is -0.150. The summed E-state index contributed by atoms with van der Waals surface area (Å²) in [6, 6.07) is 0. The molecule has 15 heavy (non-hydrogen) atoms. The maximum atomic E-state index is 13.7. The van der Waals surface area contributed by atoms with E-state index in [9.17, 15) is 4.39 Å². The number of hydrogen-bond donors (Lipinski definition) is 0. The van der Waals surface area contributed by atoms with E-state index in [1.807, 2.05) is 20.8 Å². The molecule has 0 amide bonds. The van der Waals surface area contributed by atoms with Gasteiger partial charge in [0, 0.05) is 13.1 Å². The van der Waals surface area contributed by atoms with Crippen LogP contribution in [0.4, 0.5) is 4.39 Å². The molecule has 0 spiro atoms. The maximum absolute atomic E-state index is 13.7. The SMILES string of the molecule is CC1(F)CCCN(CCOC(C)(C)C)C1. The Morgan fingerprint density at radius 2 is 2.07 bits per heavy atom. The van der Waals surface area contributed by atoms with Crippen LogP contribution < -0.4 is 0 Å². The van der Waals surface area contributed by atoms with Crippen LogP contribution in [0.5, 0.6) is 0 Å². The first-order chi connectivity index (χ1) is 6.79. The summed E-state index contributed by atoms with van der Waals surface area (Å²) in [5.74, 6) is 0. The number of halogens is 1. The highest BCUT2D eigenvalue weighted by atomic mass is 19.1. The van der Waals surface area contributed by atoms with Crippen LogP contribution in [0.1, 0.15) is 40.5 Å². The maximum Gasteiger partial charge on any atom is 0.120 e. The highest BCUT2D eigenvalue weighted by Gasteiger charge is 2.30. The lowest BCUT2D eigenvalue weighted by Crippen LogP contribution is -2.45. The fourth-order valence-electron chi connectivity index (χ4n) is 1.97. The molecule has 0 aromatic rings. The molecule has 0 aromatic carbocycles. The lowest BCUT2D eigenvalue weighted by atomic mass is 9.97. The second-order valence-corrected chi connectivity index (χ2v) is 5.75. The summed E-state index contributed by atoms with van der Waals surface area (Å²) in [6.07, 6.45) is 1.66. The summed E-state index contributed by atoms with van der Waals surface area (Å²) in [6.45, 7) is 10.9. The zero-order valence-corrected chi connectivity index (χ0v) is 10.5. The Bertz CT molecular complexity index is 198. The average molecular weight is 217 g/mol. The van der Waals surface area contributed by atoms with Gasteiger partial charge in [0.2, 0.25) is 0 Å². The van der Waals surface area contributed by atoms with Crippen molar-refractivity contribution in [2.45, 2.75) is 51.8 Å². The molecule has 3 heteroatoms. The first-order valence-electron chi connectivity index (χ1n) is 5.84. The number of alkyl halides is 1. The molecule has 1 aliphatic heterocycles. The zero-order valence-electron chi connectivity index (χ0n) is 10.5. The molecule has 1 atom stereocenters. The van der Waals surface area contributed by atoms with E-state index in [2.05, 4.69) is 4.90 Å². The molecule has 1 unspecified atom stereocenters. The molecule has 0 radical (unpaired) electrons. The van der Waals surface area contributed by atoms with Gasteiger partial charge in [-0.25, -0.2) is 4.39 Å². The largest absolute Gasteiger partial charge is 0.375 e. The minimum Gasteiger partial charge on any atom is -0.375 e. The van der Waals surface area contributed by atoms with Gasteiger partial charge in [0.1, 0.15) is 5.67 Å². The van der Waals surface area contributed by atoms with E-state index in [-0.39, 0.29) is 5.60 Å². The van der Waals surface area contributed by atoms with Gasteiger partial charge in [0.15, 0.2) is 0 Å². The molecule has 1 aliphatic rings. The lowest BCUT2D eigenvalue weighted by molar-refractivity contribution is -0.0251. The topological polar surface area (TPSA) is 12.5 Å². The van der Waals surface area contributed by atoms with Gasteiger partial charge in [-0.3, -0.25) is 4.90 Å². The molecule has 0 aliphatic carbocycles. The number of hydrogen-bond acceptors (Lipinski definition) is 2. The van der Waals surface area contributed by atoms with Crippen LogP contribution >= 0.6 is 0 Å². The minimum atomic E-state index is -1.00. The van der Waals surface area contributed by atoms with Crippen molar-refractivity contribution in [1.29, 1.82) is 0 Å². The molecule has 2 nitrogen and oxygen atoms in total. The zero-order chi connectivity index (χ0) is 11.5. The number of nitrogens with zero attached hydrogens (tertiary/aromatic N) is 1. The third-order valence-corrected chi connectivity index (χ3v) is 2.67. The smallest absolute Gasteiger partial charge is 0.120 e. The van der Waals surface area contributed by atoms with Gasteiger partial charge in [-0.2, -0.15) is 0 Å². The van der Waals surface area contributed by atoms with Crippen molar-refractivity contribution < 1.29 is 9.13 Å². The Labute approximate surface area is 92.8 Å². The quantitative estimate of drug-likeness (QED) is 0.720. The Balaban J connectivity index is 2.22. The molecule has 0 aromatic heterocycles. The molecule has 0 N–H and O–H groups in total. The molecule has 1 fully saturated rings. The molecule has 1 heterocycles. The second-order valence-electron chi connectivity index (χ2n) is 5.75. The summed E-state index contributed by atoms with van der Waals surface area (Å²) in [4.78, 5) is 2.16. The van der Waals surface area contributed by atoms with Crippen LogP contribution in [0.15, 0.2) is 0 Å². The molecule has 90 valence electrons. The molecular formula is C12H24FNO. The van der Waals surface area contributed by atoms with Crippen LogP contribution in [0.2, 0.25) is 0 Å². The van der Waals surface area contributed by atoms with Gasteiger partial charge in [0.25, 0.3) is 0 Å². The predicted molar refractivity (Wildman–Crippen MR) is 60.9 cm³/mol. The number of likely N-dealkylation sites (tertiary alicyclic amines) is 1. The molecule has 1 rings (SSSR count). The molecule has 0 saturated carbocycles. The minimum absolute atomic E-state index is 0.0885. The summed E-state index contributed by atoms with van der Waals surface area (Å²) in [7, 11) is 0. The first-order valence-corrected chi connectivity index (χ1v) is 5.84. The van der Waals surface area contributed by atoms with Crippen molar-refractivity contribution in [3.63, 3.8) is 0 Å².